The standard InChI is InChI=1S/C20H29N3O3/c1-21(2)13-18-16-10-15(17-4-3-5-19(24)23(17)18)11-22(12-16)20(25)14-6-8-26-9-7-14/h3-5,14-16,18H,6-13H2,1-2H3/t15-,16+,18+/m1/s1. The van der Waals surface area contributed by atoms with E-state index in [9.17, 15) is 9.59 Å². The Kier molecular flexibility index (Phi) is 4.88. The third kappa shape index (κ3) is 3.21. The highest BCUT2D eigenvalue weighted by molar-refractivity contribution is 5.79. The van der Waals surface area contributed by atoms with Gasteiger partial charge in [0.15, 0.2) is 0 Å². The molecule has 0 aromatic carbocycles. The van der Waals surface area contributed by atoms with Gasteiger partial charge in [0.2, 0.25) is 5.91 Å². The molecule has 0 unspecified atom stereocenters. The van der Waals surface area contributed by atoms with Gasteiger partial charge in [-0.25, -0.2) is 0 Å². The van der Waals surface area contributed by atoms with Gasteiger partial charge in [-0.3, -0.25) is 9.59 Å². The number of pyridine rings is 1. The van der Waals surface area contributed by atoms with Crippen LogP contribution >= 0.6 is 0 Å². The predicted octanol–water partition coefficient (Wildman–Crippen LogP) is 1.32. The molecular formula is C20H29N3O3. The molecule has 6 nitrogen and oxygen atoms in total. The topological polar surface area (TPSA) is 54.8 Å². The van der Waals surface area contributed by atoms with E-state index in [1.807, 2.05) is 24.7 Å². The molecule has 2 saturated heterocycles. The highest BCUT2D eigenvalue weighted by Gasteiger charge is 2.42. The van der Waals surface area contributed by atoms with Crippen LogP contribution in [0.3, 0.4) is 0 Å². The van der Waals surface area contributed by atoms with Crippen molar-refractivity contribution in [2.45, 2.75) is 31.2 Å². The first-order valence-electron chi connectivity index (χ1n) is 9.77. The van der Waals surface area contributed by atoms with E-state index >= 15 is 0 Å². The van der Waals surface area contributed by atoms with Crippen molar-refractivity contribution in [1.82, 2.24) is 14.4 Å². The molecule has 4 rings (SSSR count). The number of piperidine rings is 1. The number of hydrogen-bond acceptors (Lipinski definition) is 4. The van der Waals surface area contributed by atoms with Gasteiger partial charge >= 0.3 is 0 Å². The smallest absolute Gasteiger partial charge is 0.251 e. The SMILES string of the molecule is CN(C)C[C@H]1[C@H]2C[C@H](CN(C(=O)C3CCOCC3)C2)c2cccc(=O)n21. The third-order valence-electron chi connectivity index (χ3n) is 6.23. The summed E-state index contributed by atoms with van der Waals surface area (Å²) in [4.78, 5) is 29.9. The van der Waals surface area contributed by atoms with Gasteiger partial charge in [0.1, 0.15) is 0 Å². The van der Waals surface area contributed by atoms with E-state index in [0.717, 1.165) is 44.6 Å². The van der Waals surface area contributed by atoms with Crippen molar-refractivity contribution >= 4 is 5.91 Å². The van der Waals surface area contributed by atoms with Gasteiger partial charge in [0, 0.05) is 56.4 Å². The normalized spacial score (nSPS) is 28.9. The van der Waals surface area contributed by atoms with Crippen molar-refractivity contribution in [2.75, 3.05) is 46.9 Å². The first-order chi connectivity index (χ1) is 12.5. The molecule has 6 heteroatoms. The Morgan fingerprint density at radius 3 is 2.73 bits per heavy atom. The molecule has 0 N–H and O–H groups in total. The van der Waals surface area contributed by atoms with Gasteiger partial charge in [-0.05, 0) is 45.3 Å². The summed E-state index contributed by atoms with van der Waals surface area (Å²) < 4.78 is 7.43. The Labute approximate surface area is 154 Å². The quantitative estimate of drug-likeness (QED) is 0.817. The summed E-state index contributed by atoms with van der Waals surface area (Å²) in [6, 6.07) is 5.74. The van der Waals surface area contributed by atoms with Gasteiger partial charge < -0.3 is 19.1 Å². The summed E-state index contributed by atoms with van der Waals surface area (Å²) >= 11 is 0. The Morgan fingerprint density at radius 1 is 1.23 bits per heavy atom. The van der Waals surface area contributed by atoms with Crippen LogP contribution in [-0.2, 0) is 9.53 Å². The van der Waals surface area contributed by atoms with Gasteiger partial charge in [-0.1, -0.05) is 6.07 Å². The van der Waals surface area contributed by atoms with E-state index in [1.165, 1.54) is 0 Å². The highest BCUT2D eigenvalue weighted by Crippen LogP contribution is 2.41. The first-order valence-corrected chi connectivity index (χ1v) is 9.77. The second-order valence-corrected chi connectivity index (χ2v) is 8.31. The fourth-order valence-corrected chi connectivity index (χ4v) is 5.03. The summed E-state index contributed by atoms with van der Waals surface area (Å²) in [5.74, 6) is 1.00. The van der Waals surface area contributed by atoms with Crippen LogP contribution in [0.15, 0.2) is 23.0 Å². The zero-order chi connectivity index (χ0) is 18.3. The van der Waals surface area contributed by atoms with Gasteiger partial charge in [0.25, 0.3) is 5.56 Å². The second-order valence-electron chi connectivity index (χ2n) is 8.31. The van der Waals surface area contributed by atoms with Crippen LogP contribution in [0.25, 0.3) is 0 Å². The fourth-order valence-electron chi connectivity index (χ4n) is 5.03. The van der Waals surface area contributed by atoms with Crippen molar-refractivity contribution in [1.29, 1.82) is 0 Å². The minimum Gasteiger partial charge on any atom is -0.381 e. The monoisotopic (exact) mass is 359 g/mol. The number of hydrogen-bond donors (Lipinski definition) is 0. The molecule has 0 spiro atoms. The summed E-state index contributed by atoms with van der Waals surface area (Å²) in [5, 5.41) is 0. The lowest BCUT2D eigenvalue weighted by atomic mass is 9.77. The molecule has 3 aliphatic heterocycles. The van der Waals surface area contributed by atoms with E-state index in [1.54, 1.807) is 6.07 Å². The Hall–Kier alpha value is -1.66. The zero-order valence-electron chi connectivity index (χ0n) is 15.8. The Morgan fingerprint density at radius 2 is 2.00 bits per heavy atom. The van der Waals surface area contributed by atoms with Gasteiger partial charge in [0.05, 0.1) is 6.04 Å². The minimum atomic E-state index is 0.0910. The molecule has 1 amide bonds. The summed E-state index contributed by atoms with van der Waals surface area (Å²) in [5.41, 5.74) is 1.19. The number of rotatable bonds is 3. The zero-order valence-corrected chi connectivity index (χ0v) is 15.8. The van der Waals surface area contributed by atoms with Crippen molar-refractivity contribution in [2.24, 2.45) is 11.8 Å². The van der Waals surface area contributed by atoms with E-state index in [4.69, 9.17) is 4.74 Å². The van der Waals surface area contributed by atoms with Crippen LogP contribution in [0.2, 0.25) is 0 Å². The molecule has 3 atom stereocenters. The number of likely N-dealkylation sites (N-methyl/N-ethyl adjacent to an activating group) is 1. The second kappa shape index (κ2) is 7.16. The summed E-state index contributed by atoms with van der Waals surface area (Å²) in [6.07, 6.45) is 2.74. The maximum atomic E-state index is 13.1. The van der Waals surface area contributed by atoms with Crippen LogP contribution in [0.1, 0.15) is 36.9 Å². The molecule has 0 aliphatic carbocycles. The number of nitrogens with zero attached hydrogens (tertiary/aromatic N) is 3. The van der Waals surface area contributed by atoms with E-state index < -0.39 is 0 Å². The van der Waals surface area contributed by atoms with Crippen LogP contribution in [0, 0.1) is 11.8 Å². The van der Waals surface area contributed by atoms with E-state index in [0.29, 0.717) is 25.0 Å². The number of carbonyl (C=O) groups is 1. The van der Waals surface area contributed by atoms with Crippen molar-refractivity contribution in [3.8, 4) is 0 Å². The number of ether oxygens (including phenoxy) is 1. The van der Waals surface area contributed by atoms with Crippen molar-refractivity contribution in [3.63, 3.8) is 0 Å². The number of likely N-dealkylation sites (tertiary alicyclic amines) is 1. The van der Waals surface area contributed by atoms with Crippen molar-refractivity contribution in [3.05, 3.63) is 34.2 Å². The average Bonchev–Trinajstić information content (AvgIpc) is 2.65. The summed E-state index contributed by atoms with van der Waals surface area (Å²) in [7, 11) is 4.10. The number of aromatic nitrogens is 1. The molecule has 0 radical (unpaired) electrons. The first kappa shape index (κ1) is 17.7. The predicted molar refractivity (Wildman–Crippen MR) is 99.3 cm³/mol. The molecular weight excluding hydrogens is 330 g/mol. The lowest BCUT2D eigenvalue weighted by Crippen LogP contribution is -2.54. The van der Waals surface area contributed by atoms with Crippen LogP contribution in [0.5, 0.6) is 0 Å². The highest BCUT2D eigenvalue weighted by atomic mass is 16.5. The Balaban J connectivity index is 1.63. The maximum absolute atomic E-state index is 13.1. The Bertz CT molecular complexity index is 723. The fraction of sp³-hybridized carbons (Fsp3) is 0.700. The molecule has 2 bridgehead atoms. The van der Waals surface area contributed by atoms with Crippen molar-refractivity contribution < 1.29 is 9.53 Å². The largest absolute Gasteiger partial charge is 0.381 e. The number of amides is 1. The molecule has 4 heterocycles. The van der Waals surface area contributed by atoms with E-state index in [-0.39, 0.29) is 23.4 Å². The molecule has 0 saturated carbocycles. The number of carbonyl (C=O) groups excluding carboxylic acids is 1. The molecule has 26 heavy (non-hydrogen) atoms. The lowest BCUT2D eigenvalue weighted by Gasteiger charge is -2.48. The van der Waals surface area contributed by atoms with Gasteiger partial charge in [-0.2, -0.15) is 0 Å². The van der Waals surface area contributed by atoms with Crippen LogP contribution in [0.4, 0.5) is 0 Å². The molecule has 2 fully saturated rings. The van der Waals surface area contributed by atoms with E-state index in [2.05, 4.69) is 15.9 Å². The number of fused-ring (bicyclic) bond motifs is 4. The maximum Gasteiger partial charge on any atom is 0.251 e. The molecule has 142 valence electrons. The third-order valence-corrected chi connectivity index (χ3v) is 6.23. The van der Waals surface area contributed by atoms with Gasteiger partial charge in [-0.15, -0.1) is 0 Å². The van der Waals surface area contributed by atoms with Crippen LogP contribution < -0.4 is 5.56 Å². The average molecular weight is 359 g/mol. The van der Waals surface area contributed by atoms with Crippen LogP contribution in [-0.4, -0.2) is 67.2 Å². The molecule has 1 aromatic heterocycles. The lowest BCUT2D eigenvalue weighted by molar-refractivity contribution is -0.141. The molecule has 3 aliphatic rings. The minimum absolute atomic E-state index is 0.0910. The molecule has 1 aromatic rings. The summed E-state index contributed by atoms with van der Waals surface area (Å²) in [6.45, 7) is 3.72.